The van der Waals surface area contributed by atoms with E-state index in [1.54, 1.807) is 43.2 Å². The maximum atomic E-state index is 13.1. The summed E-state index contributed by atoms with van der Waals surface area (Å²) in [6, 6.07) is 6.34. The lowest BCUT2D eigenvalue weighted by molar-refractivity contribution is -0.600. The van der Waals surface area contributed by atoms with E-state index in [4.69, 9.17) is 4.74 Å². The molecule has 0 radical (unpaired) electrons. The third kappa shape index (κ3) is 3.67. The van der Waals surface area contributed by atoms with Crippen LogP contribution in [0.15, 0.2) is 61.4 Å². The lowest BCUT2D eigenvalue weighted by Gasteiger charge is -2.02. The van der Waals surface area contributed by atoms with Crippen LogP contribution in [-0.4, -0.2) is 15.0 Å². The summed E-state index contributed by atoms with van der Waals surface area (Å²) in [5.41, 5.74) is 1.49. The first-order valence-electron chi connectivity index (χ1n) is 6.76. The topological polar surface area (TPSA) is 51.8 Å². The van der Waals surface area contributed by atoms with Gasteiger partial charge in [-0.1, -0.05) is 12.1 Å². The van der Waals surface area contributed by atoms with Gasteiger partial charge in [0.25, 0.3) is 0 Å². The van der Waals surface area contributed by atoms with Crippen LogP contribution in [0.25, 0.3) is 5.82 Å². The normalized spacial score (nSPS) is 10.6. The summed E-state index contributed by atoms with van der Waals surface area (Å²) in [7, 11) is 0. The van der Waals surface area contributed by atoms with E-state index in [0.29, 0.717) is 24.7 Å². The van der Waals surface area contributed by atoms with Gasteiger partial charge in [-0.2, -0.15) is 4.57 Å². The molecule has 2 heterocycles. The van der Waals surface area contributed by atoms with E-state index in [1.807, 2.05) is 10.6 Å². The molecule has 0 bridgehead atoms. The fourth-order valence-corrected chi connectivity index (χ4v) is 1.96. The second-order valence-electron chi connectivity index (χ2n) is 4.64. The molecule has 3 aromatic rings. The molecule has 0 amide bonds. The van der Waals surface area contributed by atoms with Crippen LogP contribution in [0.3, 0.4) is 0 Å². The Bertz CT molecular complexity index is 752. The highest BCUT2D eigenvalue weighted by molar-refractivity contribution is 5.15. The number of hydrogen-bond donors (Lipinski definition) is 0. The Morgan fingerprint density at radius 1 is 1.05 bits per heavy atom. The summed E-state index contributed by atoms with van der Waals surface area (Å²) in [6.45, 7) is 0.634. The van der Waals surface area contributed by atoms with Crippen LogP contribution >= 0.6 is 0 Å². The van der Waals surface area contributed by atoms with Gasteiger partial charge in [0.05, 0.1) is 25.2 Å². The van der Waals surface area contributed by atoms with Crippen LogP contribution in [0.1, 0.15) is 11.3 Å². The Morgan fingerprint density at radius 3 is 2.73 bits per heavy atom. The van der Waals surface area contributed by atoms with Crippen LogP contribution in [0.5, 0.6) is 0 Å². The van der Waals surface area contributed by atoms with E-state index >= 15 is 0 Å². The predicted molar refractivity (Wildman–Crippen MR) is 76.3 cm³/mol. The van der Waals surface area contributed by atoms with Crippen LogP contribution in [0.4, 0.5) is 4.39 Å². The molecule has 3 rings (SSSR count). The summed E-state index contributed by atoms with van der Waals surface area (Å²) in [5.74, 6) is 0.422. The average Bonchev–Trinajstić information content (AvgIpc) is 2.56. The van der Waals surface area contributed by atoms with Crippen molar-refractivity contribution >= 4 is 0 Å². The van der Waals surface area contributed by atoms with Crippen molar-refractivity contribution < 1.29 is 13.7 Å². The minimum Gasteiger partial charge on any atom is -0.368 e. The predicted octanol–water partition coefficient (Wildman–Crippen LogP) is 2.00. The zero-order valence-corrected chi connectivity index (χ0v) is 11.8. The Hall–Kier alpha value is -2.73. The van der Waals surface area contributed by atoms with E-state index in [-0.39, 0.29) is 5.82 Å². The second kappa shape index (κ2) is 6.82. The molecule has 0 saturated carbocycles. The second-order valence-corrected chi connectivity index (χ2v) is 4.64. The molecule has 0 atom stereocenters. The van der Waals surface area contributed by atoms with E-state index in [1.165, 1.54) is 12.1 Å². The summed E-state index contributed by atoms with van der Waals surface area (Å²) in [5, 5.41) is 0. The number of benzene rings is 1. The van der Waals surface area contributed by atoms with Gasteiger partial charge in [0.15, 0.2) is 5.69 Å². The monoisotopic (exact) mass is 297 g/mol. The molecule has 0 aliphatic carbocycles. The number of nitrogens with zero attached hydrogens (tertiary/aromatic N) is 4. The number of aromatic nitrogens is 4. The molecule has 0 fully saturated rings. The Balaban J connectivity index is 1.64. The van der Waals surface area contributed by atoms with Gasteiger partial charge in [0.2, 0.25) is 0 Å². The van der Waals surface area contributed by atoms with Gasteiger partial charge in [-0.3, -0.25) is 9.97 Å². The van der Waals surface area contributed by atoms with Gasteiger partial charge in [-0.25, -0.2) is 4.39 Å². The van der Waals surface area contributed by atoms with Gasteiger partial charge in [-0.05, 0) is 22.7 Å². The molecule has 2 aromatic heterocycles. The fourth-order valence-electron chi connectivity index (χ4n) is 1.96. The van der Waals surface area contributed by atoms with Gasteiger partial charge in [-0.15, -0.1) is 0 Å². The summed E-state index contributed by atoms with van der Waals surface area (Å²) in [6.07, 6.45) is 10.2. The SMILES string of the molecule is Fc1cccc(COCc2cncc(-[n+]3ccncc3)n2)c1. The molecule has 0 aliphatic rings. The van der Waals surface area contributed by atoms with Crippen molar-refractivity contribution in [2.24, 2.45) is 0 Å². The Labute approximate surface area is 127 Å². The molecule has 6 heteroatoms. The van der Waals surface area contributed by atoms with E-state index in [9.17, 15) is 4.39 Å². The minimum atomic E-state index is -0.267. The quantitative estimate of drug-likeness (QED) is 0.676. The first-order chi connectivity index (χ1) is 10.8. The van der Waals surface area contributed by atoms with Crippen LogP contribution in [0.2, 0.25) is 0 Å². The van der Waals surface area contributed by atoms with E-state index in [0.717, 1.165) is 5.56 Å². The Morgan fingerprint density at radius 2 is 1.91 bits per heavy atom. The van der Waals surface area contributed by atoms with Crippen molar-refractivity contribution in [2.75, 3.05) is 0 Å². The van der Waals surface area contributed by atoms with Gasteiger partial charge in [0, 0.05) is 0 Å². The molecule has 22 heavy (non-hydrogen) atoms. The highest BCUT2D eigenvalue weighted by atomic mass is 19.1. The summed E-state index contributed by atoms with van der Waals surface area (Å²) in [4.78, 5) is 12.6. The highest BCUT2D eigenvalue weighted by Crippen LogP contribution is 2.06. The lowest BCUT2D eigenvalue weighted by atomic mass is 10.2. The smallest absolute Gasteiger partial charge is 0.346 e. The highest BCUT2D eigenvalue weighted by Gasteiger charge is 2.10. The number of hydrogen-bond acceptors (Lipinski definition) is 4. The van der Waals surface area contributed by atoms with Crippen molar-refractivity contribution in [3.63, 3.8) is 0 Å². The van der Waals surface area contributed by atoms with Gasteiger partial charge in [0.1, 0.15) is 31.0 Å². The maximum Gasteiger partial charge on any atom is 0.346 e. The summed E-state index contributed by atoms with van der Waals surface area (Å²) >= 11 is 0. The van der Waals surface area contributed by atoms with E-state index < -0.39 is 0 Å². The summed E-state index contributed by atoms with van der Waals surface area (Å²) < 4.78 is 20.4. The first-order valence-corrected chi connectivity index (χ1v) is 6.76. The average molecular weight is 297 g/mol. The standard InChI is InChI=1S/C16H14FN4O/c17-14-3-1-2-13(8-14)11-22-12-15-9-19-10-16(20-15)21-6-4-18-5-7-21/h1-10H,11-12H2/q+1. The van der Waals surface area contributed by atoms with Crippen molar-refractivity contribution in [1.29, 1.82) is 0 Å². The van der Waals surface area contributed by atoms with Crippen LogP contribution in [0, 0.1) is 5.82 Å². The zero-order chi connectivity index (χ0) is 15.2. The van der Waals surface area contributed by atoms with Crippen molar-refractivity contribution in [3.05, 3.63) is 78.5 Å². The fraction of sp³-hybridized carbons (Fsp3) is 0.125. The molecule has 5 nitrogen and oxygen atoms in total. The van der Waals surface area contributed by atoms with Crippen molar-refractivity contribution in [1.82, 2.24) is 15.0 Å². The number of halogens is 1. The molecule has 0 unspecified atom stereocenters. The van der Waals surface area contributed by atoms with Crippen LogP contribution < -0.4 is 4.57 Å². The van der Waals surface area contributed by atoms with Crippen molar-refractivity contribution in [2.45, 2.75) is 13.2 Å². The Kier molecular flexibility index (Phi) is 4.41. The molecule has 110 valence electrons. The molecule has 0 saturated heterocycles. The molecule has 1 aromatic carbocycles. The first kappa shape index (κ1) is 14.2. The molecule has 0 spiro atoms. The largest absolute Gasteiger partial charge is 0.368 e. The zero-order valence-electron chi connectivity index (χ0n) is 11.8. The minimum absolute atomic E-state index is 0.267. The number of ether oxygens (including phenoxy) is 1. The number of rotatable bonds is 5. The lowest BCUT2D eigenvalue weighted by Crippen LogP contribution is -2.31. The van der Waals surface area contributed by atoms with Crippen LogP contribution in [-0.2, 0) is 18.0 Å². The maximum absolute atomic E-state index is 13.1. The third-order valence-corrected chi connectivity index (χ3v) is 2.97. The molecular weight excluding hydrogens is 283 g/mol. The van der Waals surface area contributed by atoms with Crippen molar-refractivity contribution in [3.8, 4) is 5.82 Å². The molecule has 0 aliphatic heterocycles. The van der Waals surface area contributed by atoms with E-state index in [2.05, 4.69) is 15.0 Å². The van der Waals surface area contributed by atoms with Gasteiger partial charge >= 0.3 is 5.82 Å². The van der Waals surface area contributed by atoms with Gasteiger partial charge < -0.3 is 4.74 Å². The molecule has 0 N–H and O–H groups in total. The third-order valence-electron chi connectivity index (χ3n) is 2.97. The molecular formula is C16H14FN4O+.